The average molecular weight is 259 g/mol. The third kappa shape index (κ3) is 2.96. The zero-order valence-corrected chi connectivity index (χ0v) is 9.93. The SMILES string of the molecule is OC1CCCCCC1Nc1c(F)cc(F)cc1F. The van der Waals surface area contributed by atoms with Crippen LogP contribution in [0.2, 0.25) is 0 Å². The molecule has 100 valence electrons. The lowest BCUT2D eigenvalue weighted by Gasteiger charge is -2.23. The van der Waals surface area contributed by atoms with Crippen molar-refractivity contribution < 1.29 is 18.3 Å². The first-order valence-corrected chi connectivity index (χ1v) is 6.17. The molecule has 0 amide bonds. The maximum Gasteiger partial charge on any atom is 0.152 e. The Morgan fingerprint density at radius 2 is 1.61 bits per heavy atom. The first-order chi connectivity index (χ1) is 8.58. The molecule has 1 aromatic carbocycles. The zero-order valence-electron chi connectivity index (χ0n) is 9.93. The second-order valence-electron chi connectivity index (χ2n) is 4.70. The van der Waals surface area contributed by atoms with Gasteiger partial charge in [0, 0.05) is 12.1 Å². The lowest BCUT2D eigenvalue weighted by Crippen LogP contribution is -2.33. The van der Waals surface area contributed by atoms with E-state index in [2.05, 4.69) is 5.32 Å². The van der Waals surface area contributed by atoms with Gasteiger partial charge in [0.1, 0.15) is 11.5 Å². The molecule has 1 saturated carbocycles. The van der Waals surface area contributed by atoms with E-state index in [0.717, 1.165) is 19.3 Å². The standard InChI is InChI=1S/C13H16F3NO/c14-8-6-9(15)13(10(16)7-8)17-11-4-2-1-3-5-12(11)18/h6-7,11-12,17-18H,1-5H2. The number of aliphatic hydroxyl groups is 1. The molecule has 1 fully saturated rings. The highest BCUT2D eigenvalue weighted by atomic mass is 19.1. The van der Waals surface area contributed by atoms with Gasteiger partial charge in [-0.05, 0) is 12.8 Å². The van der Waals surface area contributed by atoms with E-state index in [-0.39, 0.29) is 11.7 Å². The van der Waals surface area contributed by atoms with Crippen LogP contribution in [0.3, 0.4) is 0 Å². The van der Waals surface area contributed by atoms with Crippen LogP contribution in [-0.4, -0.2) is 17.3 Å². The highest BCUT2D eigenvalue weighted by molar-refractivity contribution is 5.47. The van der Waals surface area contributed by atoms with Crippen LogP contribution in [0.1, 0.15) is 32.1 Å². The van der Waals surface area contributed by atoms with Crippen LogP contribution in [0.15, 0.2) is 12.1 Å². The Morgan fingerprint density at radius 3 is 2.28 bits per heavy atom. The van der Waals surface area contributed by atoms with E-state index in [1.807, 2.05) is 0 Å². The van der Waals surface area contributed by atoms with Crippen LogP contribution in [-0.2, 0) is 0 Å². The molecule has 2 unspecified atom stereocenters. The molecule has 1 aliphatic rings. The minimum atomic E-state index is -0.969. The number of hydrogen-bond acceptors (Lipinski definition) is 2. The summed E-state index contributed by atoms with van der Waals surface area (Å²) in [6, 6.07) is 0.880. The van der Waals surface area contributed by atoms with E-state index >= 15 is 0 Å². The Morgan fingerprint density at radius 1 is 1.00 bits per heavy atom. The Balaban J connectivity index is 2.17. The molecule has 18 heavy (non-hydrogen) atoms. The predicted octanol–water partition coefficient (Wildman–Crippen LogP) is 3.21. The number of rotatable bonds is 2. The van der Waals surface area contributed by atoms with Gasteiger partial charge in [0.2, 0.25) is 0 Å². The van der Waals surface area contributed by atoms with Gasteiger partial charge in [-0.25, -0.2) is 13.2 Å². The lowest BCUT2D eigenvalue weighted by molar-refractivity contribution is 0.144. The van der Waals surface area contributed by atoms with Crippen molar-refractivity contribution in [2.75, 3.05) is 5.32 Å². The topological polar surface area (TPSA) is 32.3 Å². The van der Waals surface area contributed by atoms with E-state index in [4.69, 9.17) is 0 Å². The Labute approximate surface area is 104 Å². The molecule has 0 radical (unpaired) electrons. The Hall–Kier alpha value is -1.23. The molecule has 2 atom stereocenters. The van der Waals surface area contributed by atoms with E-state index in [1.54, 1.807) is 0 Å². The molecule has 0 aromatic heterocycles. The number of halogens is 3. The molecule has 0 aliphatic heterocycles. The van der Waals surface area contributed by atoms with Crippen LogP contribution in [0.5, 0.6) is 0 Å². The van der Waals surface area contributed by atoms with Gasteiger partial charge in [-0.1, -0.05) is 19.3 Å². The van der Waals surface area contributed by atoms with Gasteiger partial charge >= 0.3 is 0 Å². The number of aliphatic hydroxyl groups excluding tert-OH is 1. The van der Waals surface area contributed by atoms with Crippen LogP contribution >= 0.6 is 0 Å². The summed E-state index contributed by atoms with van der Waals surface area (Å²) in [5.74, 6) is -2.88. The molecule has 2 rings (SSSR count). The fourth-order valence-electron chi connectivity index (χ4n) is 2.32. The lowest BCUT2D eigenvalue weighted by atomic mass is 10.1. The Kier molecular flexibility index (Phi) is 4.11. The number of anilines is 1. The van der Waals surface area contributed by atoms with Gasteiger partial charge in [-0.2, -0.15) is 0 Å². The second kappa shape index (κ2) is 5.61. The molecule has 0 heterocycles. The summed E-state index contributed by atoms with van der Waals surface area (Å²) in [6.45, 7) is 0. The van der Waals surface area contributed by atoms with E-state index < -0.39 is 23.6 Å². The molecule has 1 aliphatic carbocycles. The largest absolute Gasteiger partial charge is 0.391 e. The first-order valence-electron chi connectivity index (χ1n) is 6.17. The van der Waals surface area contributed by atoms with Crippen LogP contribution < -0.4 is 5.32 Å². The van der Waals surface area contributed by atoms with E-state index in [0.29, 0.717) is 25.0 Å². The molecular weight excluding hydrogens is 243 g/mol. The summed E-state index contributed by atoms with van der Waals surface area (Å²) >= 11 is 0. The molecule has 5 heteroatoms. The highest BCUT2D eigenvalue weighted by Crippen LogP contribution is 2.25. The van der Waals surface area contributed by atoms with Gasteiger partial charge in [0.25, 0.3) is 0 Å². The summed E-state index contributed by atoms with van der Waals surface area (Å²) in [7, 11) is 0. The van der Waals surface area contributed by atoms with Crippen molar-refractivity contribution in [1.82, 2.24) is 0 Å². The summed E-state index contributed by atoms with van der Waals surface area (Å²) < 4.78 is 39.7. The normalized spacial score (nSPS) is 24.7. The fourth-order valence-corrected chi connectivity index (χ4v) is 2.32. The van der Waals surface area contributed by atoms with Crippen LogP contribution in [0.4, 0.5) is 18.9 Å². The fraction of sp³-hybridized carbons (Fsp3) is 0.538. The van der Waals surface area contributed by atoms with Crippen molar-refractivity contribution in [2.24, 2.45) is 0 Å². The summed E-state index contributed by atoms with van der Waals surface area (Å²) in [5.41, 5.74) is -0.359. The number of benzene rings is 1. The molecular formula is C13H16F3NO. The molecule has 0 spiro atoms. The third-order valence-electron chi connectivity index (χ3n) is 3.32. The van der Waals surface area contributed by atoms with Crippen LogP contribution in [0.25, 0.3) is 0 Å². The number of hydrogen-bond donors (Lipinski definition) is 2. The van der Waals surface area contributed by atoms with Crippen molar-refractivity contribution in [3.63, 3.8) is 0 Å². The molecule has 1 aromatic rings. The van der Waals surface area contributed by atoms with Crippen molar-refractivity contribution in [1.29, 1.82) is 0 Å². The average Bonchev–Trinajstić information content (AvgIpc) is 2.49. The maximum absolute atomic E-state index is 13.5. The summed E-state index contributed by atoms with van der Waals surface area (Å²) in [6.07, 6.45) is 3.45. The maximum atomic E-state index is 13.5. The Bertz CT molecular complexity index is 402. The van der Waals surface area contributed by atoms with Gasteiger partial charge in [-0.3, -0.25) is 0 Å². The van der Waals surface area contributed by atoms with Crippen molar-refractivity contribution >= 4 is 5.69 Å². The molecule has 0 saturated heterocycles. The smallest absolute Gasteiger partial charge is 0.152 e. The van der Waals surface area contributed by atoms with Gasteiger partial charge in [0.15, 0.2) is 11.6 Å². The summed E-state index contributed by atoms with van der Waals surface area (Å²) in [4.78, 5) is 0. The van der Waals surface area contributed by atoms with Crippen molar-refractivity contribution in [3.05, 3.63) is 29.6 Å². The number of nitrogens with one attached hydrogen (secondary N) is 1. The predicted molar refractivity (Wildman–Crippen MR) is 62.8 cm³/mol. The second-order valence-corrected chi connectivity index (χ2v) is 4.70. The monoisotopic (exact) mass is 259 g/mol. The van der Waals surface area contributed by atoms with Crippen molar-refractivity contribution in [3.8, 4) is 0 Å². The quantitative estimate of drug-likeness (QED) is 0.799. The molecule has 2 N–H and O–H groups in total. The van der Waals surface area contributed by atoms with Crippen molar-refractivity contribution in [2.45, 2.75) is 44.2 Å². The molecule has 0 bridgehead atoms. The minimum Gasteiger partial charge on any atom is -0.391 e. The summed E-state index contributed by atoms with van der Waals surface area (Å²) in [5, 5.41) is 12.5. The van der Waals surface area contributed by atoms with E-state index in [9.17, 15) is 18.3 Å². The van der Waals surface area contributed by atoms with Crippen LogP contribution in [0, 0.1) is 17.5 Å². The minimum absolute atomic E-state index is 0.359. The van der Waals surface area contributed by atoms with Gasteiger partial charge in [-0.15, -0.1) is 0 Å². The van der Waals surface area contributed by atoms with E-state index in [1.165, 1.54) is 0 Å². The zero-order chi connectivity index (χ0) is 13.1. The first kappa shape index (κ1) is 13.2. The molecule has 2 nitrogen and oxygen atoms in total. The van der Waals surface area contributed by atoms with Gasteiger partial charge < -0.3 is 10.4 Å². The third-order valence-corrected chi connectivity index (χ3v) is 3.32. The van der Waals surface area contributed by atoms with Gasteiger partial charge in [0.05, 0.1) is 12.1 Å². The highest BCUT2D eigenvalue weighted by Gasteiger charge is 2.23.